The summed E-state index contributed by atoms with van der Waals surface area (Å²) in [6, 6.07) is 0. The number of alkyl halides is 2. The van der Waals surface area contributed by atoms with Crippen molar-refractivity contribution in [2.45, 2.75) is 63.5 Å². The maximum Gasteiger partial charge on any atom is 0.155 e. The molecule has 0 aromatic carbocycles. The van der Waals surface area contributed by atoms with E-state index in [0.717, 1.165) is 19.3 Å². The van der Waals surface area contributed by atoms with Crippen molar-refractivity contribution in [3.05, 3.63) is 0 Å². The SMILES string of the molecule is CCCCCCCCCCS(=O)(=O)C(CCl)CCl. The molecule has 0 heterocycles. The molecule has 2 nitrogen and oxygen atoms in total. The molecule has 0 saturated heterocycles. The topological polar surface area (TPSA) is 34.1 Å². The molecule has 0 saturated carbocycles. The maximum absolute atomic E-state index is 11.8. The molecule has 0 fully saturated rings. The first-order chi connectivity index (χ1) is 8.58. The van der Waals surface area contributed by atoms with Gasteiger partial charge in [0.05, 0.1) is 11.0 Å². The van der Waals surface area contributed by atoms with Crippen molar-refractivity contribution in [3.63, 3.8) is 0 Å². The van der Waals surface area contributed by atoms with Gasteiger partial charge in [-0.15, -0.1) is 23.2 Å². The molecule has 0 aliphatic heterocycles. The van der Waals surface area contributed by atoms with Crippen LogP contribution >= 0.6 is 23.2 Å². The van der Waals surface area contributed by atoms with Crippen LogP contribution in [0.15, 0.2) is 0 Å². The van der Waals surface area contributed by atoms with Crippen molar-refractivity contribution in [2.75, 3.05) is 17.5 Å². The predicted octanol–water partition coefficient (Wildman–Crippen LogP) is 4.39. The van der Waals surface area contributed by atoms with Gasteiger partial charge in [0, 0.05) is 11.8 Å². The zero-order valence-electron chi connectivity index (χ0n) is 11.3. The van der Waals surface area contributed by atoms with Gasteiger partial charge in [0.2, 0.25) is 0 Å². The van der Waals surface area contributed by atoms with Crippen LogP contribution in [-0.2, 0) is 9.84 Å². The van der Waals surface area contributed by atoms with Crippen LogP contribution < -0.4 is 0 Å². The smallest absolute Gasteiger partial charge is 0.155 e. The molecule has 5 heteroatoms. The van der Waals surface area contributed by atoms with Gasteiger partial charge in [0.1, 0.15) is 0 Å². The highest BCUT2D eigenvalue weighted by molar-refractivity contribution is 7.92. The van der Waals surface area contributed by atoms with Gasteiger partial charge in [0.15, 0.2) is 9.84 Å². The minimum absolute atomic E-state index is 0.100. The first kappa shape index (κ1) is 18.5. The summed E-state index contributed by atoms with van der Waals surface area (Å²) in [4.78, 5) is 0. The molecule has 0 aromatic heterocycles. The summed E-state index contributed by atoms with van der Waals surface area (Å²) in [5.41, 5.74) is 0. The molecule has 0 amide bonds. The molecule has 0 atom stereocenters. The van der Waals surface area contributed by atoms with Gasteiger partial charge in [-0.1, -0.05) is 51.9 Å². The van der Waals surface area contributed by atoms with E-state index in [2.05, 4.69) is 6.92 Å². The number of rotatable bonds is 12. The van der Waals surface area contributed by atoms with Gasteiger partial charge < -0.3 is 0 Å². The summed E-state index contributed by atoms with van der Waals surface area (Å²) in [5.74, 6) is 0.428. The normalized spacial score (nSPS) is 12.2. The minimum atomic E-state index is -3.09. The molecular weight excluding hydrogens is 291 g/mol. The van der Waals surface area contributed by atoms with Crippen LogP contribution in [0.1, 0.15) is 58.3 Å². The predicted molar refractivity (Wildman–Crippen MR) is 81.6 cm³/mol. The molecule has 0 aliphatic carbocycles. The van der Waals surface area contributed by atoms with Gasteiger partial charge in [-0.2, -0.15) is 0 Å². The van der Waals surface area contributed by atoms with E-state index in [9.17, 15) is 8.42 Å². The number of unbranched alkanes of at least 4 members (excludes halogenated alkanes) is 7. The third-order valence-corrected chi connectivity index (χ3v) is 6.45. The Bertz CT molecular complexity index is 275. The summed E-state index contributed by atoms with van der Waals surface area (Å²) in [6.45, 7) is 2.20. The summed E-state index contributed by atoms with van der Waals surface area (Å²) in [6.07, 6.45) is 9.21. The highest BCUT2D eigenvalue weighted by atomic mass is 35.5. The Hall–Kier alpha value is 0.530. The summed E-state index contributed by atoms with van der Waals surface area (Å²) < 4.78 is 23.6. The third kappa shape index (κ3) is 8.60. The Kier molecular flexibility index (Phi) is 11.7. The molecule has 0 spiro atoms. The van der Waals surface area contributed by atoms with Crippen molar-refractivity contribution in [1.29, 1.82) is 0 Å². The van der Waals surface area contributed by atoms with E-state index >= 15 is 0 Å². The maximum atomic E-state index is 11.8. The molecule has 0 radical (unpaired) electrons. The van der Waals surface area contributed by atoms with E-state index < -0.39 is 15.1 Å². The van der Waals surface area contributed by atoms with Crippen LogP contribution in [-0.4, -0.2) is 31.2 Å². The molecular formula is C13H26Cl2O2S. The molecule has 0 bridgehead atoms. The van der Waals surface area contributed by atoms with E-state index in [4.69, 9.17) is 23.2 Å². The molecule has 0 unspecified atom stereocenters. The fraction of sp³-hybridized carbons (Fsp3) is 1.00. The van der Waals surface area contributed by atoms with E-state index in [0.29, 0.717) is 0 Å². The highest BCUT2D eigenvalue weighted by Gasteiger charge is 2.22. The molecule has 110 valence electrons. The van der Waals surface area contributed by atoms with Gasteiger partial charge >= 0.3 is 0 Å². The zero-order valence-corrected chi connectivity index (χ0v) is 13.7. The van der Waals surface area contributed by atoms with E-state index in [-0.39, 0.29) is 17.5 Å². The largest absolute Gasteiger partial charge is 0.228 e. The summed E-state index contributed by atoms with van der Waals surface area (Å²) in [5, 5.41) is -0.578. The number of halogens is 2. The second-order valence-electron chi connectivity index (χ2n) is 4.77. The van der Waals surface area contributed by atoms with Crippen LogP contribution in [0.4, 0.5) is 0 Å². The molecule has 0 N–H and O–H groups in total. The van der Waals surface area contributed by atoms with Crippen molar-refractivity contribution in [2.24, 2.45) is 0 Å². The quantitative estimate of drug-likeness (QED) is 0.395. The zero-order chi connectivity index (χ0) is 13.9. The summed E-state index contributed by atoms with van der Waals surface area (Å²) >= 11 is 11.2. The van der Waals surface area contributed by atoms with Crippen LogP contribution in [0, 0.1) is 0 Å². The number of hydrogen-bond donors (Lipinski definition) is 0. The second-order valence-corrected chi connectivity index (χ2v) is 7.79. The lowest BCUT2D eigenvalue weighted by molar-refractivity contribution is 0.568. The summed E-state index contributed by atoms with van der Waals surface area (Å²) in [7, 11) is -3.09. The average Bonchev–Trinajstić information content (AvgIpc) is 2.33. The van der Waals surface area contributed by atoms with Crippen LogP contribution in [0.2, 0.25) is 0 Å². The Balaban J connectivity index is 3.59. The van der Waals surface area contributed by atoms with E-state index in [1.165, 1.54) is 32.1 Å². The van der Waals surface area contributed by atoms with E-state index in [1.54, 1.807) is 0 Å². The molecule has 18 heavy (non-hydrogen) atoms. The fourth-order valence-corrected chi connectivity index (χ4v) is 4.64. The van der Waals surface area contributed by atoms with Crippen molar-refractivity contribution in [1.82, 2.24) is 0 Å². The van der Waals surface area contributed by atoms with Gasteiger partial charge in [-0.25, -0.2) is 8.42 Å². The molecule has 0 aliphatic rings. The lowest BCUT2D eigenvalue weighted by Crippen LogP contribution is -2.27. The standard InChI is InChI=1S/C13H26Cl2O2S/c1-2-3-4-5-6-7-8-9-10-18(16,17)13(11-14)12-15/h13H,2-12H2,1H3. The van der Waals surface area contributed by atoms with Gasteiger partial charge in [-0.05, 0) is 6.42 Å². The Morgan fingerprint density at radius 2 is 1.28 bits per heavy atom. The number of sulfone groups is 1. The first-order valence-corrected chi connectivity index (χ1v) is 9.70. The Labute approximate surface area is 122 Å². The van der Waals surface area contributed by atoms with Crippen molar-refractivity contribution >= 4 is 33.0 Å². The lowest BCUT2D eigenvalue weighted by Gasteiger charge is -2.11. The van der Waals surface area contributed by atoms with Crippen molar-refractivity contribution in [3.8, 4) is 0 Å². The van der Waals surface area contributed by atoms with Crippen LogP contribution in [0.3, 0.4) is 0 Å². The van der Waals surface area contributed by atoms with E-state index in [1.807, 2.05) is 0 Å². The van der Waals surface area contributed by atoms with Gasteiger partial charge in [0.25, 0.3) is 0 Å². The average molecular weight is 317 g/mol. The van der Waals surface area contributed by atoms with Gasteiger partial charge in [-0.3, -0.25) is 0 Å². The Morgan fingerprint density at radius 1 is 0.833 bits per heavy atom. The lowest BCUT2D eigenvalue weighted by atomic mass is 10.1. The van der Waals surface area contributed by atoms with Crippen LogP contribution in [0.25, 0.3) is 0 Å². The molecule has 0 aromatic rings. The van der Waals surface area contributed by atoms with Crippen LogP contribution in [0.5, 0.6) is 0 Å². The molecule has 0 rings (SSSR count). The fourth-order valence-electron chi connectivity index (χ4n) is 1.84. The minimum Gasteiger partial charge on any atom is -0.228 e. The monoisotopic (exact) mass is 316 g/mol. The Morgan fingerprint density at radius 3 is 1.72 bits per heavy atom. The highest BCUT2D eigenvalue weighted by Crippen LogP contribution is 2.12. The van der Waals surface area contributed by atoms with Crippen molar-refractivity contribution < 1.29 is 8.42 Å². The first-order valence-electron chi connectivity index (χ1n) is 6.92. The third-order valence-electron chi connectivity index (χ3n) is 3.13. The number of hydrogen-bond acceptors (Lipinski definition) is 2. The second kappa shape index (κ2) is 11.4.